The normalized spacial score (nSPS) is 26.9. The van der Waals surface area contributed by atoms with Crippen LogP contribution in [0.15, 0.2) is 18.3 Å². The number of rotatable bonds is 2. The van der Waals surface area contributed by atoms with Crippen LogP contribution >= 0.6 is 0 Å². The zero-order valence-corrected chi connectivity index (χ0v) is 10.8. The lowest BCUT2D eigenvalue weighted by atomic mass is 10.1. The van der Waals surface area contributed by atoms with Gasteiger partial charge in [-0.15, -0.1) is 0 Å². The number of pyridine rings is 1. The van der Waals surface area contributed by atoms with Gasteiger partial charge in [-0.1, -0.05) is 0 Å². The predicted molar refractivity (Wildman–Crippen MR) is 69.1 cm³/mol. The lowest BCUT2D eigenvalue weighted by Crippen LogP contribution is -2.45. The van der Waals surface area contributed by atoms with Crippen molar-refractivity contribution < 1.29 is 4.74 Å². The molecule has 4 heteroatoms. The smallest absolute Gasteiger partial charge is 0.128 e. The lowest BCUT2D eigenvalue weighted by molar-refractivity contribution is -0.00546. The maximum Gasteiger partial charge on any atom is 0.128 e. The van der Waals surface area contributed by atoms with Crippen LogP contribution in [-0.2, 0) is 4.74 Å². The van der Waals surface area contributed by atoms with E-state index in [-0.39, 0.29) is 18.2 Å². The number of aromatic nitrogens is 1. The zero-order chi connectivity index (χ0) is 12.4. The highest BCUT2D eigenvalue weighted by molar-refractivity contribution is 5.42. The van der Waals surface area contributed by atoms with Gasteiger partial charge in [0.1, 0.15) is 5.82 Å². The van der Waals surface area contributed by atoms with E-state index in [0.29, 0.717) is 0 Å². The van der Waals surface area contributed by atoms with Crippen molar-refractivity contribution >= 4 is 5.82 Å². The summed E-state index contributed by atoms with van der Waals surface area (Å²) in [4.78, 5) is 6.70. The fourth-order valence-corrected chi connectivity index (χ4v) is 2.26. The van der Waals surface area contributed by atoms with Gasteiger partial charge < -0.3 is 15.4 Å². The lowest BCUT2D eigenvalue weighted by Gasteiger charge is -2.36. The monoisotopic (exact) mass is 235 g/mol. The van der Waals surface area contributed by atoms with E-state index in [1.807, 2.05) is 19.2 Å². The summed E-state index contributed by atoms with van der Waals surface area (Å²) in [6.45, 7) is 7.96. The van der Waals surface area contributed by atoms with Crippen LogP contribution in [0, 0.1) is 0 Å². The minimum atomic E-state index is 0.0487. The minimum Gasteiger partial charge on any atom is -0.372 e. The summed E-state index contributed by atoms with van der Waals surface area (Å²) in [6.07, 6.45) is 2.33. The molecule has 17 heavy (non-hydrogen) atoms. The number of hydrogen-bond donors (Lipinski definition) is 1. The molecule has 0 saturated carbocycles. The molecule has 1 fully saturated rings. The first-order valence-electron chi connectivity index (χ1n) is 6.18. The summed E-state index contributed by atoms with van der Waals surface area (Å²) in [5, 5.41) is 0. The van der Waals surface area contributed by atoms with Crippen LogP contribution in [0.3, 0.4) is 0 Å². The Kier molecular flexibility index (Phi) is 3.64. The van der Waals surface area contributed by atoms with E-state index < -0.39 is 0 Å². The molecule has 0 amide bonds. The molecule has 0 spiro atoms. The van der Waals surface area contributed by atoms with E-state index >= 15 is 0 Å². The molecular weight excluding hydrogens is 214 g/mol. The SMILES string of the molecule is CC(N)c1ccnc(N2C[C@@H](C)O[C@@H](C)C2)c1. The van der Waals surface area contributed by atoms with Gasteiger partial charge in [0.2, 0.25) is 0 Å². The fourth-order valence-electron chi connectivity index (χ4n) is 2.26. The molecule has 2 rings (SSSR count). The molecule has 0 aliphatic carbocycles. The molecule has 1 aliphatic heterocycles. The molecule has 1 saturated heterocycles. The maximum absolute atomic E-state index is 5.90. The third-order valence-corrected chi connectivity index (χ3v) is 3.04. The van der Waals surface area contributed by atoms with E-state index in [2.05, 4.69) is 29.8 Å². The molecule has 1 aromatic heterocycles. The van der Waals surface area contributed by atoms with Crippen molar-refractivity contribution in [2.75, 3.05) is 18.0 Å². The summed E-state index contributed by atoms with van der Waals surface area (Å²) >= 11 is 0. The molecule has 94 valence electrons. The Morgan fingerprint density at radius 1 is 1.41 bits per heavy atom. The highest BCUT2D eigenvalue weighted by atomic mass is 16.5. The van der Waals surface area contributed by atoms with Crippen LogP contribution in [-0.4, -0.2) is 30.3 Å². The molecule has 0 aromatic carbocycles. The zero-order valence-electron chi connectivity index (χ0n) is 10.8. The molecule has 2 heterocycles. The summed E-state index contributed by atoms with van der Waals surface area (Å²) in [6, 6.07) is 4.10. The summed E-state index contributed by atoms with van der Waals surface area (Å²) in [7, 11) is 0. The van der Waals surface area contributed by atoms with Crippen molar-refractivity contribution in [2.24, 2.45) is 5.73 Å². The molecular formula is C13H21N3O. The molecule has 1 aliphatic rings. The largest absolute Gasteiger partial charge is 0.372 e. The standard InChI is InChI=1S/C13H21N3O/c1-9-7-16(8-10(2)17-9)13-6-12(11(3)14)4-5-15-13/h4-6,9-11H,7-8,14H2,1-3H3/t9-,10+,11?. The van der Waals surface area contributed by atoms with Crippen molar-refractivity contribution in [3.8, 4) is 0 Å². The Balaban J connectivity index is 2.18. The van der Waals surface area contributed by atoms with Gasteiger partial charge in [0.15, 0.2) is 0 Å². The predicted octanol–water partition coefficient (Wildman–Crippen LogP) is 1.71. The Hall–Kier alpha value is -1.13. The Morgan fingerprint density at radius 2 is 2.06 bits per heavy atom. The van der Waals surface area contributed by atoms with Crippen LogP contribution in [0.25, 0.3) is 0 Å². The molecule has 2 N–H and O–H groups in total. The quantitative estimate of drug-likeness (QED) is 0.848. The Labute approximate surface area is 103 Å². The number of hydrogen-bond acceptors (Lipinski definition) is 4. The second kappa shape index (κ2) is 5.02. The molecule has 3 atom stereocenters. The number of ether oxygens (including phenoxy) is 1. The second-order valence-corrected chi connectivity index (χ2v) is 4.90. The summed E-state index contributed by atoms with van der Waals surface area (Å²) in [5.41, 5.74) is 7.02. The first-order chi connectivity index (χ1) is 8.06. The maximum atomic E-state index is 5.90. The Morgan fingerprint density at radius 3 is 2.65 bits per heavy atom. The molecule has 1 unspecified atom stereocenters. The first kappa shape index (κ1) is 12.3. The number of nitrogens with two attached hydrogens (primary N) is 1. The molecule has 0 bridgehead atoms. The first-order valence-corrected chi connectivity index (χ1v) is 6.18. The summed E-state index contributed by atoms with van der Waals surface area (Å²) < 4.78 is 5.72. The fraction of sp³-hybridized carbons (Fsp3) is 0.615. The van der Waals surface area contributed by atoms with Crippen LogP contribution in [0.2, 0.25) is 0 Å². The average molecular weight is 235 g/mol. The van der Waals surface area contributed by atoms with E-state index in [4.69, 9.17) is 10.5 Å². The highest BCUT2D eigenvalue weighted by Gasteiger charge is 2.23. The minimum absolute atomic E-state index is 0.0487. The van der Waals surface area contributed by atoms with Gasteiger partial charge in [-0.3, -0.25) is 0 Å². The van der Waals surface area contributed by atoms with E-state index in [0.717, 1.165) is 24.5 Å². The van der Waals surface area contributed by atoms with Crippen LogP contribution in [0.4, 0.5) is 5.82 Å². The van der Waals surface area contributed by atoms with Crippen molar-refractivity contribution in [1.82, 2.24) is 4.98 Å². The molecule has 1 aromatic rings. The van der Waals surface area contributed by atoms with Gasteiger partial charge in [-0.2, -0.15) is 0 Å². The van der Waals surface area contributed by atoms with Gasteiger partial charge in [0.05, 0.1) is 12.2 Å². The van der Waals surface area contributed by atoms with Gasteiger partial charge >= 0.3 is 0 Å². The van der Waals surface area contributed by atoms with E-state index in [1.165, 1.54) is 0 Å². The number of nitrogens with zero attached hydrogens (tertiary/aromatic N) is 2. The van der Waals surface area contributed by atoms with E-state index in [1.54, 1.807) is 0 Å². The highest BCUT2D eigenvalue weighted by Crippen LogP contribution is 2.20. The van der Waals surface area contributed by atoms with Gasteiger partial charge in [0.25, 0.3) is 0 Å². The summed E-state index contributed by atoms with van der Waals surface area (Å²) in [5.74, 6) is 1.00. The topological polar surface area (TPSA) is 51.4 Å². The number of anilines is 1. The van der Waals surface area contributed by atoms with Crippen molar-refractivity contribution in [3.63, 3.8) is 0 Å². The van der Waals surface area contributed by atoms with Crippen molar-refractivity contribution in [1.29, 1.82) is 0 Å². The third-order valence-electron chi connectivity index (χ3n) is 3.04. The Bertz CT molecular complexity index is 371. The van der Waals surface area contributed by atoms with Gasteiger partial charge in [0, 0.05) is 25.3 Å². The van der Waals surface area contributed by atoms with Gasteiger partial charge in [-0.25, -0.2) is 4.98 Å². The van der Waals surface area contributed by atoms with E-state index in [9.17, 15) is 0 Å². The van der Waals surface area contributed by atoms with Gasteiger partial charge in [-0.05, 0) is 38.5 Å². The average Bonchev–Trinajstić information content (AvgIpc) is 2.28. The third kappa shape index (κ3) is 2.96. The molecule has 0 radical (unpaired) electrons. The van der Waals surface area contributed by atoms with Crippen molar-refractivity contribution in [3.05, 3.63) is 23.9 Å². The second-order valence-electron chi connectivity index (χ2n) is 4.90. The van der Waals surface area contributed by atoms with Crippen molar-refractivity contribution in [2.45, 2.75) is 39.0 Å². The van der Waals surface area contributed by atoms with Crippen LogP contribution in [0.1, 0.15) is 32.4 Å². The van der Waals surface area contributed by atoms with Crippen LogP contribution in [0.5, 0.6) is 0 Å². The number of morpholine rings is 1. The molecule has 4 nitrogen and oxygen atoms in total. The van der Waals surface area contributed by atoms with Crippen LogP contribution < -0.4 is 10.6 Å².